The van der Waals surface area contributed by atoms with E-state index in [0.29, 0.717) is 30.4 Å². The molecule has 2 heterocycles. The van der Waals surface area contributed by atoms with Crippen LogP contribution in [-0.2, 0) is 0 Å². The Morgan fingerprint density at radius 1 is 1.33 bits per heavy atom. The highest BCUT2D eigenvalue weighted by atomic mass is 35.5. The first-order valence-corrected chi connectivity index (χ1v) is 7.91. The molecule has 3 rings (SSSR count). The van der Waals surface area contributed by atoms with Gasteiger partial charge in [-0.1, -0.05) is 6.92 Å². The van der Waals surface area contributed by atoms with Crippen LogP contribution in [0, 0.1) is 11.7 Å². The van der Waals surface area contributed by atoms with E-state index in [1.54, 1.807) is 29.1 Å². The molecule has 1 aromatic carbocycles. The summed E-state index contributed by atoms with van der Waals surface area (Å²) in [6.07, 6.45) is 3.63. The van der Waals surface area contributed by atoms with E-state index in [-0.39, 0.29) is 30.2 Å². The highest BCUT2D eigenvalue weighted by Gasteiger charge is 2.30. The van der Waals surface area contributed by atoms with Crippen molar-refractivity contribution in [3.8, 4) is 5.69 Å². The molecule has 0 aliphatic carbocycles. The molecule has 2 atom stereocenters. The maximum absolute atomic E-state index is 13.0. The van der Waals surface area contributed by atoms with Gasteiger partial charge in [0.05, 0.1) is 5.69 Å². The number of piperidine rings is 1. The molecule has 1 amide bonds. The van der Waals surface area contributed by atoms with Crippen molar-refractivity contribution in [2.75, 3.05) is 13.1 Å². The average molecular weight is 353 g/mol. The molecule has 1 aliphatic heterocycles. The zero-order chi connectivity index (χ0) is 16.4. The van der Waals surface area contributed by atoms with Crippen molar-refractivity contribution in [3.63, 3.8) is 0 Å². The maximum atomic E-state index is 13.0. The van der Waals surface area contributed by atoms with Crippen molar-refractivity contribution in [3.05, 3.63) is 48.0 Å². The van der Waals surface area contributed by atoms with Gasteiger partial charge in [-0.3, -0.25) is 4.79 Å². The van der Waals surface area contributed by atoms with Crippen molar-refractivity contribution < 1.29 is 9.18 Å². The number of hydrogen-bond acceptors (Lipinski definition) is 3. The van der Waals surface area contributed by atoms with E-state index < -0.39 is 0 Å². The molecule has 0 bridgehead atoms. The number of nitrogens with two attached hydrogens (primary N) is 1. The molecular formula is C17H22ClFN4O. The number of halogens is 2. The third-order valence-electron chi connectivity index (χ3n) is 4.41. The lowest BCUT2D eigenvalue weighted by Gasteiger charge is -2.37. The van der Waals surface area contributed by atoms with Crippen LogP contribution in [0.4, 0.5) is 4.39 Å². The van der Waals surface area contributed by atoms with Gasteiger partial charge in [0, 0.05) is 25.3 Å². The minimum atomic E-state index is -0.301. The molecule has 1 aromatic heterocycles. The summed E-state index contributed by atoms with van der Waals surface area (Å²) in [5.41, 5.74) is 6.93. The van der Waals surface area contributed by atoms with E-state index >= 15 is 0 Å². The predicted molar refractivity (Wildman–Crippen MR) is 93.0 cm³/mol. The number of aromatic nitrogens is 2. The summed E-state index contributed by atoms with van der Waals surface area (Å²) in [5.74, 6) is 0.197. The van der Waals surface area contributed by atoms with Gasteiger partial charge in [-0.25, -0.2) is 9.07 Å². The van der Waals surface area contributed by atoms with Crippen LogP contribution in [-0.4, -0.2) is 39.7 Å². The fourth-order valence-electron chi connectivity index (χ4n) is 3.07. The lowest BCUT2D eigenvalue weighted by Crippen LogP contribution is -2.49. The van der Waals surface area contributed by atoms with E-state index in [9.17, 15) is 9.18 Å². The second kappa shape index (κ2) is 7.77. The predicted octanol–water partition coefficient (Wildman–Crippen LogP) is 2.63. The highest BCUT2D eigenvalue weighted by Crippen LogP contribution is 2.23. The van der Waals surface area contributed by atoms with Crippen molar-refractivity contribution in [2.45, 2.75) is 25.8 Å². The molecular weight excluding hydrogens is 331 g/mol. The van der Waals surface area contributed by atoms with E-state index in [1.165, 1.54) is 12.1 Å². The van der Waals surface area contributed by atoms with Crippen molar-refractivity contribution in [1.29, 1.82) is 0 Å². The highest BCUT2D eigenvalue weighted by molar-refractivity contribution is 5.92. The van der Waals surface area contributed by atoms with Gasteiger partial charge in [0.25, 0.3) is 5.91 Å². The Labute approximate surface area is 147 Å². The minimum Gasteiger partial charge on any atom is -0.333 e. The Morgan fingerprint density at radius 2 is 2.04 bits per heavy atom. The SMILES string of the molecule is CC1CCN(C(=O)c2ccn(-c3ccc(F)cc3)n2)C(CN)C1.Cl. The van der Waals surface area contributed by atoms with Gasteiger partial charge in [0.2, 0.25) is 0 Å². The summed E-state index contributed by atoms with van der Waals surface area (Å²) < 4.78 is 14.6. The third kappa shape index (κ3) is 3.76. The molecule has 1 saturated heterocycles. The second-order valence-corrected chi connectivity index (χ2v) is 6.14. The molecule has 1 aliphatic rings. The summed E-state index contributed by atoms with van der Waals surface area (Å²) >= 11 is 0. The van der Waals surface area contributed by atoms with Crippen LogP contribution < -0.4 is 5.73 Å². The van der Waals surface area contributed by atoms with Crippen molar-refractivity contribution >= 4 is 18.3 Å². The maximum Gasteiger partial charge on any atom is 0.274 e. The summed E-state index contributed by atoms with van der Waals surface area (Å²) in [6, 6.07) is 7.76. The fraction of sp³-hybridized carbons (Fsp3) is 0.412. The number of benzene rings is 1. The molecule has 2 unspecified atom stereocenters. The largest absolute Gasteiger partial charge is 0.333 e. The van der Waals surface area contributed by atoms with Crippen LogP contribution in [0.5, 0.6) is 0 Å². The van der Waals surface area contributed by atoms with E-state index in [2.05, 4.69) is 12.0 Å². The van der Waals surface area contributed by atoms with Gasteiger partial charge in [-0.05, 0) is 49.1 Å². The average Bonchev–Trinajstić information content (AvgIpc) is 3.04. The summed E-state index contributed by atoms with van der Waals surface area (Å²) in [7, 11) is 0. The van der Waals surface area contributed by atoms with Crippen LogP contribution >= 0.6 is 12.4 Å². The number of rotatable bonds is 3. The van der Waals surface area contributed by atoms with Gasteiger partial charge < -0.3 is 10.6 Å². The molecule has 2 aromatic rings. The normalized spacial score (nSPS) is 20.5. The summed E-state index contributed by atoms with van der Waals surface area (Å²) in [6.45, 7) is 3.37. The number of amides is 1. The van der Waals surface area contributed by atoms with Crippen molar-refractivity contribution in [1.82, 2.24) is 14.7 Å². The number of carbonyl (C=O) groups is 1. The van der Waals surface area contributed by atoms with Gasteiger partial charge in [-0.15, -0.1) is 12.4 Å². The lowest BCUT2D eigenvalue weighted by atomic mass is 9.92. The van der Waals surface area contributed by atoms with E-state index in [4.69, 9.17) is 5.73 Å². The summed E-state index contributed by atoms with van der Waals surface area (Å²) in [4.78, 5) is 14.5. The molecule has 5 nitrogen and oxygen atoms in total. The van der Waals surface area contributed by atoms with E-state index in [1.807, 2.05) is 4.90 Å². The Morgan fingerprint density at radius 3 is 2.71 bits per heavy atom. The minimum absolute atomic E-state index is 0. The van der Waals surface area contributed by atoms with E-state index in [0.717, 1.165) is 12.8 Å². The molecule has 2 N–H and O–H groups in total. The Balaban J connectivity index is 0.00000208. The van der Waals surface area contributed by atoms with Crippen LogP contribution in [0.1, 0.15) is 30.3 Å². The zero-order valence-electron chi connectivity index (χ0n) is 13.6. The molecule has 0 spiro atoms. The lowest BCUT2D eigenvalue weighted by molar-refractivity contribution is 0.0567. The number of likely N-dealkylation sites (tertiary alicyclic amines) is 1. The van der Waals surface area contributed by atoms with Gasteiger partial charge >= 0.3 is 0 Å². The molecule has 0 radical (unpaired) electrons. The fourth-order valence-corrected chi connectivity index (χ4v) is 3.07. The molecule has 1 fully saturated rings. The van der Waals surface area contributed by atoms with Gasteiger partial charge in [-0.2, -0.15) is 5.10 Å². The molecule has 7 heteroatoms. The topological polar surface area (TPSA) is 64.2 Å². The first-order valence-electron chi connectivity index (χ1n) is 7.91. The molecule has 24 heavy (non-hydrogen) atoms. The van der Waals surface area contributed by atoms with Gasteiger partial charge in [0.15, 0.2) is 5.69 Å². The van der Waals surface area contributed by atoms with Crippen LogP contribution in [0.25, 0.3) is 5.69 Å². The monoisotopic (exact) mass is 352 g/mol. The first kappa shape index (κ1) is 18.4. The quantitative estimate of drug-likeness (QED) is 0.923. The number of hydrogen-bond donors (Lipinski definition) is 1. The smallest absolute Gasteiger partial charge is 0.274 e. The number of nitrogens with zero attached hydrogens (tertiary/aromatic N) is 3. The zero-order valence-corrected chi connectivity index (χ0v) is 14.4. The van der Waals surface area contributed by atoms with Crippen LogP contribution in [0.3, 0.4) is 0 Å². The summed E-state index contributed by atoms with van der Waals surface area (Å²) in [5, 5.41) is 4.34. The van der Waals surface area contributed by atoms with Crippen molar-refractivity contribution in [2.24, 2.45) is 11.7 Å². The molecule has 0 saturated carbocycles. The Hall–Kier alpha value is -1.92. The first-order chi connectivity index (χ1) is 11.1. The number of carbonyl (C=O) groups excluding carboxylic acids is 1. The van der Waals surface area contributed by atoms with Crippen LogP contribution in [0.2, 0.25) is 0 Å². The Bertz CT molecular complexity index is 688. The second-order valence-electron chi connectivity index (χ2n) is 6.14. The standard InChI is InChI=1S/C17H21FN4O.ClH/c1-12-6-8-21(15(10-12)11-19)17(23)16-7-9-22(20-16)14-4-2-13(18)3-5-14;/h2-5,7,9,12,15H,6,8,10-11,19H2,1H3;1H. The van der Waals surface area contributed by atoms with Gasteiger partial charge in [0.1, 0.15) is 5.82 Å². The van der Waals surface area contributed by atoms with Crippen LogP contribution in [0.15, 0.2) is 36.5 Å². The Kier molecular flexibility index (Phi) is 5.96. The molecule has 130 valence electrons. The third-order valence-corrected chi connectivity index (χ3v) is 4.41.